The van der Waals surface area contributed by atoms with Crippen LogP contribution in [-0.2, 0) is 13.0 Å². The summed E-state index contributed by atoms with van der Waals surface area (Å²) in [7, 11) is 0. The minimum atomic E-state index is 0.530. The highest BCUT2D eigenvalue weighted by molar-refractivity contribution is 5.02. The van der Waals surface area contributed by atoms with E-state index in [-0.39, 0.29) is 0 Å². The van der Waals surface area contributed by atoms with E-state index in [0.717, 1.165) is 24.5 Å². The average Bonchev–Trinajstić information content (AvgIpc) is 3.07. The van der Waals surface area contributed by atoms with Gasteiger partial charge in [0.05, 0.1) is 0 Å². The summed E-state index contributed by atoms with van der Waals surface area (Å²) in [5, 5.41) is 8.57. The normalized spacial score (nSPS) is 16.5. The highest BCUT2D eigenvalue weighted by atomic mass is 16.5. The average molecular weight is 289 g/mol. The molecule has 0 N–H and O–H groups in total. The minimum absolute atomic E-state index is 0.530. The Morgan fingerprint density at radius 1 is 1.19 bits per heavy atom. The summed E-state index contributed by atoms with van der Waals surface area (Å²) in [6.07, 6.45) is 8.20. The fraction of sp³-hybridized carbons (Fsp3) is 0.733. The molecule has 6 heteroatoms. The van der Waals surface area contributed by atoms with Crippen LogP contribution in [0.5, 0.6) is 0 Å². The molecule has 1 aliphatic rings. The molecule has 114 valence electrons. The van der Waals surface area contributed by atoms with Crippen LogP contribution in [0.4, 0.5) is 0 Å². The molecule has 1 aliphatic carbocycles. The van der Waals surface area contributed by atoms with Crippen LogP contribution >= 0.6 is 0 Å². The van der Waals surface area contributed by atoms with Crippen molar-refractivity contribution in [3.8, 4) is 0 Å². The lowest BCUT2D eigenvalue weighted by atomic mass is 9.89. The zero-order valence-corrected chi connectivity index (χ0v) is 12.9. The summed E-state index contributed by atoms with van der Waals surface area (Å²) in [6, 6.07) is 0. The summed E-state index contributed by atoms with van der Waals surface area (Å²) < 4.78 is 7.21. The summed E-state index contributed by atoms with van der Waals surface area (Å²) in [6.45, 7) is 4.60. The van der Waals surface area contributed by atoms with Crippen LogP contribution in [0.15, 0.2) is 4.52 Å². The van der Waals surface area contributed by atoms with Crippen LogP contribution in [0.2, 0.25) is 0 Å². The monoisotopic (exact) mass is 289 g/mol. The number of rotatable bonds is 5. The molecule has 0 spiro atoms. The zero-order chi connectivity index (χ0) is 14.7. The third-order valence-corrected chi connectivity index (χ3v) is 4.04. The van der Waals surface area contributed by atoms with Crippen molar-refractivity contribution in [1.82, 2.24) is 24.9 Å². The molecule has 0 aromatic carbocycles. The van der Waals surface area contributed by atoms with Crippen molar-refractivity contribution in [1.29, 1.82) is 0 Å². The fourth-order valence-electron chi connectivity index (χ4n) is 3.05. The first-order chi connectivity index (χ1) is 10.3. The maximum absolute atomic E-state index is 5.25. The minimum Gasteiger partial charge on any atom is -0.339 e. The summed E-state index contributed by atoms with van der Waals surface area (Å²) in [5.41, 5.74) is 0. The molecule has 1 saturated carbocycles. The molecule has 2 heterocycles. The van der Waals surface area contributed by atoms with E-state index >= 15 is 0 Å². The Hall–Kier alpha value is -1.72. The van der Waals surface area contributed by atoms with Crippen LogP contribution < -0.4 is 0 Å². The number of aryl methyl sites for hydroxylation is 2. The Kier molecular flexibility index (Phi) is 4.31. The van der Waals surface area contributed by atoms with Gasteiger partial charge in [0.1, 0.15) is 18.2 Å². The van der Waals surface area contributed by atoms with E-state index in [9.17, 15) is 0 Å². The number of aromatic nitrogens is 5. The van der Waals surface area contributed by atoms with Gasteiger partial charge in [-0.05, 0) is 26.2 Å². The van der Waals surface area contributed by atoms with Gasteiger partial charge in [-0.25, -0.2) is 9.67 Å². The number of hydrogen-bond acceptors (Lipinski definition) is 5. The third-order valence-electron chi connectivity index (χ3n) is 4.04. The van der Waals surface area contributed by atoms with Gasteiger partial charge in [-0.1, -0.05) is 31.3 Å². The molecule has 0 aliphatic heterocycles. The third kappa shape index (κ3) is 3.31. The molecule has 6 nitrogen and oxygen atoms in total. The Labute approximate surface area is 125 Å². The van der Waals surface area contributed by atoms with E-state index in [0.29, 0.717) is 24.2 Å². The molecule has 0 amide bonds. The molecule has 0 saturated heterocycles. The Morgan fingerprint density at radius 3 is 2.76 bits per heavy atom. The molecule has 0 atom stereocenters. The Balaban J connectivity index is 1.77. The molecule has 21 heavy (non-hydrogen) atoms. The van der Waals surface area contributed by atoms with E-state index in [1.807, 2.05) is 11.6 Å². The van der Waals surface area contributed by atoms with Gasteiger partial charge in [0.15, 0.2) is 5.82 Å². The fourth-order valence-corrected chi connectivity index (χ4v) is 3.05. The second kappa shape index (κ2) is 6.37. The van der Waals surface area contributed by atoms with Gasteiger partial charge in [-0.3, -0.25) is 0 Å². The van der Waals surface area contributed by atoms with E-state index in [4.69, 9.17) is 4.52 Å². The topological polar surface area (TPSA) is 69.6 Å². The lowest BCUT2D eigenvalue weighted by Gasteiger charge is -2.20. The quantitative estimate of drug-likeness (QED) is 0.846. The smallest absolute Gasteiger partial charge is 0.226 e. The first kappa shape index (κ1) is 14.2. The summed E-state index contributed by atoms with van der Waals surface area (Å²) in [5.74, 6) is 3.85. The highest BCUT2D eigenvalue weighted by Gasteiger charge is 2.22. The molecule has 3 rings (SSSR count). The van der Waals surface area contributed by atoms with Gasteiger partial charge in [0.2, 0.25) is 5.89 Å². The SMILES string of the molecule is CCCc1nc(Cn2nc(C)nc2C2CCCCC2)no1. The molecule has 2 aromatic heterocycles. The van der Waals surface area contributed by atoms with Crippen molar-refractivity contribution < 1.29 is 4.52 Å². The first-order valence-corrected chi connectivity index (χ1v) is 7.99. The summed E-state index contributed by atoms with van der Waals surface area (Å²) >= 11 is 0. The van der Waals surface area contributed by atoms with Gasteiger partial charge >= 0.3 is 0 Å². The van der Waals surface area contributed by atoms with Crippen LogP contribution in [-0.4, -0.2) is 24.9 Å². The van der Waals surface area contributed by atoms with Crippen LogP contribution in [0.3, 0.4) is 0 Å². The predicted octanol–water partition coefficient (Wildman–Crippen LogP) is 3.02. The van der Waals surface area contributed by atoms with Crippen molar-refractivity contribution in [3.05, 3.63) is 23.4 Å². The lowest BCUT2D eigenvalue weighted by molar-refractivity contribution is 0.368. The Morgan fingerprint density at radius 2 is 2.00 bits per heavy atom. The lowest BCUT2D eigenvalue weighted by Crippen LogP contribution is -2.14. The molecule has 0 bridgehead atoms. The zero-order valence-electron chi connectivity index (χ0n) is 12.9. The summed E-state index contributed by atoms with van der Waals surface area (Å²) in [4.78, 5) is 9.06. The van der Waals surface area contributed by atoms with E-state index in [1.165, 1.54) is 32.1 Å². The van der Waals surface area contributed by atoms with E-state index in [2.05, 4.69) is 27.1 Å². The van der Waals surface area contributed by atoms with Gasteiger partial charge in [-0.2, -0.15) is 10.1 Å². The van der Waals surface area contributed by atoms with Crippen LogP contribution in [0.1, 0.15) is 74.7 Å². The molecular formula is C15H23N5O. The van der Waals surface area contributed by atoms with Crippen molar-refractivity contribution in [2.24, 2.45) is 0 Å². The van der Waals surface area contributed by atoms with Crippen LogP contribution in [0.25, 0.3) is 0 Å². The van der Waals surface area contributed by atoms with Gasteiger partial charge in [0.25, 0.3) is 0 Å². The largest absolute Gasteiger partial charge is 0.339 e. The Bertz CT molecular complexity index is 583. The molecular weight excluding hydrogens is 266 g/mol. The van der Waals surface area contributed by atoms with E-state index in [1.54, 1.807) is 0 Å². The first-order valence-electron chi connectivity index (χ1n) is 7.99. The molecule has 0 unspecified atom stereocenters. The number of nitrogens with zero attached hydrogens (tertiary/aromatic N) is 5. The van der Waals surface area contributed by atoms with Gasteiger partial charge in [0, 0.05) is 12.3 Å². The van der Waals surface area contributed by atoms with Gasteiger partial charge < -0.3 is 4.52 Å². The van der Waals surface area contributed by atoms with Crippen LogP contribution in [0, 0.1) is 6.92 Å². The van der Waals surface area contributed by atoms with E-state index < -0.39 is 0 Å². The molecule has 1 fully saturated rings. The maximum Gasteiger partial charge on any atom is 0.226 e. The highest BCUT2D eigenvalue weighted by Crippen LogP contribution is 2.31. The van der Waals surface area contributed by atoms with Crippen molar-refractivity contribution in [2.75, 3.05) is 0 Å². The van der Waals surface area contributed by atoms with Gasteiger partial charge in [-0.15, -0.1) is 0 Å². The molecule has 2 aromatic rings. The van der Waals surface area contributed by atoms with Crippen molar-refractivity contribution in [2.45, 2.75) is 71.3 Å². The maximum atomic E-state index is 5.25. The predicted molar refractivity (Wildman–Crippen MR) is 78.0 cm³/mol. The second-order valence-electron chi connectivity index (χ2n) is 5.86. The van der Waals surface area contributed by atoms with Crippen molar-refractivity contribution in [3.63, 3.8) is 0 Å². The van der Waals surface area contributed by atoms with Crippen molar-refractivity contribution >= 4 is 0 Å². The standard InChI is InChI=1S/C15H23N5O/c1-3-7-14-17-13(19-21-14)10-20-15(16-11(2)18-20)12-8-5-4-6-9-12/h12H,3-10H2,1-2H3. The second-order valence-corrected chi connectivity index (χ2v) is 5.86. The molecule has 0 radical (unpaired) electrons. The number of hydrogen-bond donors (Lipinski definition) is 0.